The Morgan fingerprint density at radius 3 is 2.84 bits per heavy atom. The summed E-state index contributed by atoms with van der Waals surface area (Å²) in [6.07, 6.45) is 2.82. The first-order chi connectivity index (χ1) is 15.2. The van der Waals surface area contributed by atoms with E-state index in [4.69, 9.17) is 9.47 Å². The number of thiophene rings is 1. The maximum absolute atomic E-state index is 12.6. The Morgan fingerprint density at radius 1 is 1.06 bits per heavy atom. The minimum atomic E-state index is -0.202. The molecule has 1 amide bonds. The van der Waals surface area contributed by atoms with Crippen molar-refractivity contribution in [3.8, 4) is 11.5 Å². The molecule has 0 atom stereocenters. The Hall–Kier alpha value is -3.10. The van der Waals surface area contributed by atoms with Gasteiger partial charge in [-0.3, -0.25) is 9.69 Å². The average molecular weight is 437 g/mol. The van der Waals surface area contributed by atoms with E-state index in [9.17, 15) is 4.79 Å². The van der Waals surface area contributed by atoms with Crippen LogP contribution in [0.5, 0.6) is 11.5 Å². The van der Waals surface area contributed by atoms with Gasteiger partial charge in [0.25, 0.3) is 5.91 Å². The number of ether oxygens (including phenoxy) is 2. The van der Waals surface area contributed by atoms with Crippen molar-refractivity contribution in [2.75, 3.05) is 43.2 Å². The minimum Gasteiger partial charge on any atom is -0.454 e. The number of rotatable bonds is 5. The number of carbonyl (C=O) groups is 1. The van der Waals surface area contributed by atoms with Gasteiger partial charge in [-0.15, -0.1) is 11.3 Å². The summed E-state index contributed by atoms with van der Waals surface area (Å²) >= 11 is 1.82. The molecule has 0 bridgehead atoms. The molecule has 8 heteroatoms. The third kappa shape index (κ3) is 4.65. The van der Waals surface area contributed by atoms with Crippen LogP contribution < -0.4 is 19.7 Å². The lowest BCUT2D eigenvalue weighted by Gasteiger charge is -2.22. The van der Waals surface area contributed by atoms with Gasteiger partial charge in [0.2, 0.25) is 6.79 Å². The molecule has 0 saturated carbocycles. The van der Waals surface area contributed by atoms with Crippen LogP contribution in [0.1, 0.15) is 21.7 Å². The zero-order valence-corrected chi connectivity index (χ0v) is 17.9. The Kier molecular flexibility index (Phi) is 5.73. The van der Waals surface area contributed by atoms with Crippen LogP contribution in [-0.2, 0) is 6.54 Å². The highest BCUT2D eigenvalue weighted by Gasteiger charge is 2.18. The predicted molar refractivity (Wildman–Crippen MR) is 121 cm³/mol. The monoisotopic (exact) mass is 436 g/mol. The van der Waals surface area contributed by atoms with E-state index in [0.29, 0.717) is 22.7 Å². The summed E-state index contributed by atoms with van der Waals surface area (Å²) in [5, 5.41) is 5.04. The first-order valence-electron chi connectivity index (χ1n) is 10.4. The van der Waals surface area contributed by atoms with Gasteiger partial charge < -0.3 is 19.7 Å². The van der Waals surface area contributed by atoms with Crippen LogP contribution in [-0.4, -0.2) is 48.8 Å². The second-order valence-corrected chi connectivity index (χ2v) is 8.66. The van der Waals surface area contributed by atoms with Crippen LogP contribution in [0.15, 0.2) is 54.0 Å². The summed E-state index contributed by atoms with van der Waals surface area (Å²) in [6, 6.07) is 13.4. The van der Waals surface area contributed by atoms with Crippen molar-refractivity contribution in [3.63, 3.8) is 0 Å². The highest BCUT2D eigenvalue weighted by molar-refractivity contribution is 7.09. The standard InChI is InChI=1S/C23H24N4O3S/c28-23(17-4-6-20-21(13-17)30-16-29-20)25-18-5-7-22(24-14-18)27-9-2-8-26(10-11-27)15-19-3-1-12-31-19/h1,3-7,12-14H,2,8-11,15-16H2,(H,25,28). The zero-order valence-electron chi connectivity index (χ0n) is 17.1. The highest BCUT2D eigenvalue weighted by Crippen LogP contribution is 2.32. The number of hydrogen-bond donors (Lipinski definition) is 1. The summed E-state index contributed by atoms with van der Waals surface area (Å²) in [5.41, 5.74) is 1.19. The molecular weight excluding hydrogens is 412 g/mol. The molecule has 160 valence electrons. The highest BCUT2D eigenvalue weighted by atomic mass is 32.1. The number of pyridine rings is 1. The van der Waals surface area contributed by atoms with Gasteiger partial charge in [0.15, 0.2) is 11.5 Å². The van der Waals surface area contributed by atoms with E-state index < -0.39 is 0 Å². The first-order valence-corrected chi connectivity index (χ1v) is 11.3. The third-order valence-electron chi connectivity index (χ3n) is 5.51. The van der Waals surface area contributed by atoms with Gasteiger partial charge >= 0.3 is 0 Å². The molecule has 0 spiro atoms. The Balaban J connectivity index is 1.18. The number of aromatic nitrogens is 1. The van der Waals surface area contributed by atoms with Crippen molar-refractivity contribution < 1.29 is 14.3 Å². The molecule has 4 heterocycles. The Labute approximate surface area is 185 Å². The molecule has 1 saturated heterocycles. The second kappa shape index (κ2) is 8.95. The molecule has 1 aromatic carbocycles. The van der Waals surface area contributed by atoms with Gasteiger partial charge in [-0.2, -0.15) is 0 Å². The summed E-state index contributed by atoms with van der Waals surface area (Å²) in [6.45, 7) is 5.25. The van der Waals surface area contributed by atoms with Crippen molar-refractivity contribution in [3.05, 3.63) is 64.5 Å². The fourth-order valence-corrected chi connectivity index (χ4v) is 4.62. The molecule has 1 N–H and O–H groups in total. The smallest absolute Gasteiger partial charge is 0.255 e. The van der Waals surface area contributed by atoms with Crippen molar-refractivity contribution in [2.45, 2.75) is 13.0 Å². The van der Waals surface area contributed by atoms with Crippen LogP contribution in [0.4, 0.5) is 11.5 Å². The molecule has 0 aliphatic carbocycles. The van der Waals surface area contributed by atoms with Crippen molar-refractivity contribution in [1.82, 2.24) is 9.88 Å². The lowest BCUT2D eigenvalue weighted by atomic mass is 10.2. The number of anilines is 2. The molecule has 2 aliphatic rings. The van der Waals surface area contributed by atoms with Crippen LogP contribution in [0, 0.1) is 0 Å². The van der Waals surface area contributed by atoms with Gasteiger partial charge in [0.1, 0.15) is 5.82 Å². The SMILES string of the molecule is O=C(Nc1ccc(N2CCCN(Cc3cccs3)CC2)nc1)c1ccc2c(c1)OCO2. The number of nitrogens with one attached hydrogen (secondary N) is 1. The summed E-state index contributed by atoms with van der Waals surface area (Å²) in [7, 11) is 0. The summed E-state index contributed by atoms with van der Waals surface area (Å²) in [4.78, 5) is 23.4. The average Bonchev–Trinajstić information content (AvgIpc) is 3.42. The van der Waals surface area contributed by atoms with E-state index in [1.165, 1.54) is 4.88 Å². The molecule has 2 aromatic heterocycles. The van der Waals surface area contributed by atoms with Gasteiger partial charge in [-0.25, -0.2) is 4.98 Å². The van der Waals surface area contributed by atoms with Crippen LogP contribution in [0.25, 0.3) is 0 Å². The molecule has 2 aliphatic heterocycles. The maximum Gasteiger partial charge on any atom is 0.255 e. The Bertz CT molecular complexity index is 1040. The molecular formula is C23H24N4O3S. The molecule has 1 fully saturated rings. The topological polar surface area (TPSA) is 66.9 Å². The fraction of sp³-hybridized carbons (Fsp3) is 0.304. The quantitative estimate of drug-likeness (QED) is 0.656. The van der Waals surface area contributed by atoms with E-state index in [1.54, 1.807) is 24.4 Å². The van der Waals surface area contributed by atoms with Crippen molar-refractivity contribution >= 4 is 28.7 Å². The maximum atomic E-state index is 12.6. The molecule has 0 unspecified atom stereocenters. The van der Waals surface area contributed by atoms with E-state index in [-0.39, 0.29) is 12.7 Å². The third-order valence-corrected chi connectivity index (χ3v) is 6.37. The van der Waals surface area contributed by atoms with Crippen LogP contribution in [0.2, 0.25) is 0 Å². The first kappa shape index (κ1) is 19.8. The van der Waals surface area contributed by atoms with E-state index >= 15 is 0 Å². The number of benzene rings is 1. The largest absolute Gasteiger partial charge is 0.454 e. The molecule has 7 nitrogen and oxygen atoms in total. The zero-order chi connectivity index (χ0) is 21.0. The number of nitrogens with zero attached hydrogens (tertiary/aromatic N) is 3. The van der Waals surface area contributed by atoms with E-state index in [1.807, 2.05) is 23.5 Å². The van der Waals surface area contributed by atoms with Crippen LogP contribution >= 0.6 is 11.3 Å². The van der Waals surface area contributed by atoms with E-state index in [0.717, 1.165) is 45.0 Å². The molecule has 5 rings (SSSR count). The van der Waals surface area contributed by atoms with Gasteiger partial charge in [-0.1, -0.05) is 6.07 Å². The van der Waals surface area contributed by atoms with Gasteiger partial charge in [0.05, 0.1) is 11.9 Å². The van der Waals surface area contributed by atoms with Crippen LogP contribution in [0.3, 0.4) is 0 Å². The predicted octanol–water partition coefficient (Wildman–Crippen LogP) is 3.84. The fourth-order valence-electron chi connectivity index (χ4n) is 3.87. The lowest BCUT2D eigenvalue weighted by Crippen LogP contribution is -2.30. The van der Waals surface area contributed by atoms with Crippen molar-refractivity contribution in [2.24, 2.45) is 0 Å². The molecule has 31 heavy (non-hydrogen) atoms. The lowest BCUT2D eigenvalue weighted by molar-refractivity contribution is 0.102. The molecule has 3 aromatic rings. The minimum absolute atomic E-state index is 0.189. The number of amides is 1. The van der Waals surface area contributed by atoms with Gasteiger partial charge in [0, 0.05) is 43.2 Å². The second-order valence-electron chi connectivity index (χ2n) is 7.62. The normalized spacial score (nSPS) is 16.2. The van der Waals surface area contributed by atoms with E-state index in [2.05, 4.69) is 37.6 Å². The number of carbonyl (C=O) groups excluding carboxylic acids is 1. The molecule has 0 radical (unpaired) electrons. The van der Waals surface area contributed by atoms with Crippen molar-refractivity contribution in [1.29, 1.82) is 0 Å². The summed E-state index contributed by atoms with van der Waals surface area (Å²) in [5.74, 6) is 2.00. The number of hydrogen-bond acceptors (Lipinski definition) is 7. The van der Waals surface area contributed by atoms with Gasteiger partial charge in [-0.05, 0) is 48.2 Å². The summed E-state index contributed by atoms with van der Waals surface area (Å²) < 4.78 is 10.6. The Morgan fingerprint density at radius 2 is 2.00 bits per heavy atom. The number of fused-ring (bicyclic) bond motifs is 1.